The summed E-state index contributed by atoms with van der Waals surface area (Å²) in [5.41, 5.74) is -0.0905. The Hall–Kier alpha value is -0.950. The summed E-state index contributed by atoms with van der Waals surface area (Å²) in [5.74, 6) is -0.164. The minimum atomic E-state index is -0.178. The van der Waals surface area contributed by atoms with Crippen LogP contribution in [0.1, 0.15) is 27.7 Å². The molecule has 94 valence electrons. The van der Waals surface area contributed by atoms with Crippen molar-refractivity contribution in [3.63, 3.8) is 0 Å². The number of ether oxygens (including phenoxy) is 1. The van der Waals surface area contributed by atoms with E-state index in [-0.39, 0.29) is 23.2 Å². The van der Waals surface area contributed by atoms with Crippen molar-refractivity contribution < 1.29 is 9.53 Å². The number of rotatable bonds is 4. The standard InChI is InChI=1S/C13H19NO2S/c1-8(2)17-9(7-14)6-10-11(12(15)16-5)13(10,3)4/h6,8,10-11H,1-5H3/t10-,11+/m1/s1. The van der Waals surface area contributed by atoms with Crippen LogP contribution >= 0.6 is 11.8 Å². The maximum atomic E-state index is 11.6. The minimum absolute atomic E-state index is 0.0905. The second-order valence-electron chi connectivity index (χ2n) is 5.16. The Labute approximate surface area is 107 Å². The first-order chi connectivity index (χ1) is 7.84. The predicted molar refractivity (Wildman–Crippen MR) is 69.2 cm³/mol. The summed E-state index contributed by atoms with van der Waals surface area (Å²) < 4.78 is 4.78. The normalized spacial score (nSPS) is 26.5. The van der Waals surface area contributed by atoms with Crippen molar-refractivity contribution in [1.29, 1.82) is 5.26 Å². The Kier molecular flexibility index (Phi) is 4.26. The van der Waals surface area contributed by atoms with Crippen LogP contribution in [0.3, 0.4) is 0 Å². The summed E-state index contributed by atoms with van der Waals surface area (Å²) in [6.07, 6.45) is 1.92. The number of allylic oxidation sites excluding steroid dienone is 2. The highest BCUT2D eigenvalue weighted by Gasteiger charge is 2.61. The summed E-state index contributed by atoms with van der Waals surface area (Å²) in [6.45, 7) is 8.16. The van der Waals surface area contributed by atoms with Crippen LogP contribution in [0.25, 0.3) is 0 Å². The molecule has 0 bridgehead atoms. The lowest BCUT2D eigenvalue weighted by Crippen LogP contribution is -2.07. The van der Waals surface area contributed by atoms with Crippen LogP contribution in [0.5, 0.6) is 0 Å². The zero-order valence-electron chi connectivity index (χ0n) is 11.0. The second-order valence-corrected chi connectivity index (χ2v) is 6.78. The molecule has 0 aliphatic heterocycles. The van der Waals surface area contributed by atoms with Gasteiger partial charge >= 0.3 is 5.97 Å². The van der Waals surface area contributed by atoms with Gasteiger partial charge in [0.05, 0.1) is 17.9 Å². The monoisotopic (exact) mass is 253 g/mol. The van der Waals surface area contributed by atoms with E-state index in [0.717, 1.165) is 0 Å². The van der Waals surface area contributed by atoms with Crippen molar-refractivity contribution in [1.82, 2.24) is 0 Å². The maximum Gasteiger partial charge on any atom is 0.309 e. The summed E-state index contributed by atoms with van der Waals surface area (Å²) in [4.78, 5) is 12.2. The zero-order chi connectivity index (χ0) is 13.2. The Morgan fingerprint density at radius 1 is 1.53 bits per heavy atom. The smallest absolute Gasteiger partial charge is 0.309 e. The number of thioether (sulfide) groups is 1. The summed E-state index contributed by atoms with van der Waals surface area (Å²) in [6, 6.07) is 2.19. The molecule has 2 atom stereocenters. The summed E-state index contributed by atoms with van der Waals surface area (Å²) in [5, 5.41) is 9.42. The molecule has 0 unspecified atom stereocenters. The molecule has 0 radical (unpaired) electrons. The first-order valence-electron chi connectivity index (χ1n) is 5.71. The Morgan fingerprint density at radius 3 is 2.53 bits per heavy atom. The van der Waals surface area contributed by atoms with E-state index in [1.807, 2.05) is 33.8 Å². The molecule has 1 rings (SSSR count). The Morgan fingerprint density at radius 2 is 2.12 bits per heavy atom. The number of nitriles is 1. The van der Waals surface area contributed by atoms with Crippen LogP contribution in [-0.4, -0.2) is 18.3 Å². The molecule has 1 aliphatic carbocycles. The van der Waals surface area contributed by atoms with Crippen molar-refractivity contribution >= 4 is 17.7 Å². The average molecular weight is 253 g/mol. The van der Waals surface area contributed by atoms with E-state index < -0.39 is 0 Å². The third kappa shape index (κ3) is 3.04. The lowest BCUT2D eigenvalue weighted by atomic mass is 10.1. The first-order valence-corrected chi connectivity index (χ1v) is 6.59. The molecule has 0 aromatic heterocycles. The Bertz CT molecular complexity index is 379. The fraction of sp³-hybridized carbons (Fsp3) is 0.692. The largest absolute Gasteiger partial charge is 0.469 e. The van der Waals surface area contributed by atoms with Gasteiger partial charge in [0, 0.05) is 5.25 Å². The van der Waals surface area contributed by atoms with E-state index in [1.54, 1.807) is 0 Å². The number of carbonyl (C=O) groups excluding carboxylic acids is 1. The van der Waals surface area contributed by atoms with Crippen LogP contribution < -0.4 is 0 Å². The van der Waals surface area contributed by atoms with Gasteiger partial charge in [-0.25, -0.2) is 0 Å². The predicted octanol–water partition coefficient (Wildman–Crippen LogP) is 2.98. The van der Waals surface area contributed by atoms with Crippen LogP contribution in [-0.2, 0) is 9.53 Å². The van der Waals surface area contributed by atoms with Gasteiger partial charge in [-0.15, -0.1) is 11.8 Å². The SMILES string of the molecule is COC(=O)[C@@H]1[C@@H](C=C(C#N)SC(C)C)C1(C)C. The lowest BCUT2D eigenvalue weighted by Gasteiger charge is -2.02. The molecule has 1 saturated carbocycles. The zero-order valence-corrected chi connectivity index (χ0v) is 11.8. The highest BCUT2D eigenvalue weighted by molar-refractivity contribution is 8.03. The fourth-order valence-electron chi connectivity index (χ4n) is 2.09. The molecule has 4 heteroatoms. The molecule has 1 aliphatic rings. The van der Waals surface area contributed by atoms with Gasteiger partial charge in [0.25, 0.3) is 0 Å². The van der Waals surface area contributed by atoms with Gasteiger partial charge in [-0.3, -0.25) is 4.79 Å². The van der Waals surface area contributed by atoms with Crippen molar-refractivity contribution in [2.24, 2.45) is 17.3 Å². The Balaban J connectivity index is 2.79. The molecule has 0 heterocycles. The molecule has 0 spiro atoms. The maximum absolute atomic E-state index is 11.6. The number of hydrogen-bond acceptors (Lipinski definition) is 4. The van der Waals surface area contributed by atoms with E-state index in [4.69, 9.17) is 10.00 Å². The third-order valence-electron chi connectivity index (χ3n) is 3.17. The van der Waals surface area contributed by atoms with E-state index in [0.29, 0.717) is 10.2 Å². The fourth-order valence-corrected chi connectivity index (χ4v) is 2.87. The van der Waals surface area contributed by atoms with E-state index >= 15 is 0 Å². The van der Waals surface area contributed by atoms with Gasteiger partial charge in [0.1, 0.15) is 6.07 Å². The van der Waals surface area contributed by atoms with Crippen LogP contribution in [0, 0.1) is 28.6 Å². The number of methoxy groups -OCH3 is 1. The number of esters is 1. The number of carbonyl (C=O) groups is 1. The molecule has 17 heavy (non-hydrogen) atoms. The number of hydrogen-bond donors (Lipinski definition) is 0. The first kappa shape index (κ1) is 14.1. The molecule has 0 saturated heterocycles. The van der Waals surface area contributed by atoms with E-state index in [1.165, 1.54) is 18.9 Å². The van der Waals surface area contributed by atoms with Crippen molar-refractivity contribution in [3.05, 3.63) is 11.0 Å². The quantitative estimate of drug-likeness (QED) is 0.571. The van der Waals surface area contributed by atoms with Crippen molar-refractivity contribution in [2.75, 3.05) is 7.11 Å². The van der Waals surface area contributed by atoms with Crippen LogP contribution in [0.15, 0.2) is 11.0 Å². The van der Waals surface area contributed by atoms with Gasteiger partial charge in [0.2, 0.25) is 0 Å². The summed E-state index contributed by atoms with van der Waals surface area (Å²) in [7, 11) is 1.41. The third-order valence-corrected chi connectivity index (χ3v) is 4.12. The van der Waals surface area contributed by atoms with Crippen molar-refractivity contribution in [3.8, 4) is 6.07 Å². The molecule has 3 nitrogen and oxygen atoms in total. The van der Waals surface area contributed by atoms with E-state index in [9.17, 15) is 4.79 Å². The van der Waals surface area contributed by atoms with Crippen LogP contribution in [0.4, 0.5) is 0 Å². The van der Waals surface area contributed by atoms with E-state index in [2.05, 4.69) is 6.07 Å². The molecule has 0 aromatic carbocycles. The highest BCUT2D eigenvalue weighted by Crippen LogP contribution is 2.60. The van der Waals surface area contributed by atoms with Crippen molar-refractivity contribution in [2.45, 2.75) is 32.9 Å². The topological polar surface area (TPSA) is 50.1 Å². The second kappa shape index (κ2) is 5.14. The van der Waals surface area contributed by atoms with Gasteiger partial charge in [-0.05, 0) is 11.3 Å². The highest BCUT2D eigenvalue weighted by atomic mass is 32.2. The minimum Gasteiger partial charge on any atom is -0.469 e. The molecule has 0 amide bonds. The van der Waals surface area contributed by atoms with Gasteiger partial charge in [-0.1, -0.05) is 33.8 Å². The molecular formula is C13H19NO2S. The summed E-state index contributed by atoms with van der Waals surface area (Å²) >= 11 is 1.54. The van der Waals surface area contributed by atoms with Crippen LogP contribution in [0.2, 0.25) is 0 Å². The van der Waals surface area contributed by atoms with Gasteiger partial charge in [0.15, 0.2) is 0 Å². The number of nitrogens with zero attached hydrogens (tertiary/aromatic N) is 1. The molecular weight excluding hydrogens is 234 g/mol. The molecule has 0 aromatic rings. The van der Waals surface area contributed by atoms with Gasteiger partial charge in [-0.2, -0.15) is 5.26 Å². The lowest BCUT2D eigenvalue weighted by molar-refractivity contribution is -0.143. The van der Waals surface area contributed by atoms with Gasteiger partial charge < -0.3 is 4.74 Å². The average Bonchev–Trinajstić information content (AvgIpc) is 2.77. The molecule has 0 N–H and O–H groups in total. The molecule has 1 fully saturated rings.